The Labute approximate surface area is 156 Å². The Kier molecular flexibility index (Phi) is 5.01. The molecule has 1 aliphatic heterocycles. The van der Waals surface area contributed by atoms with Crippen molar-refractivity contribution in [2.24, 2.45) is 11.8 Å². The summed E-state index contributed by atoms with van der Waals surface area (Å²) in [5.74, 6) is 1.77. The first-order chi connectivity index (χ1) is 12.6. The van der Waals surface area contributed by atoms with Crippen LogP contribution in [-0.2, 0) is 4.79 Å². The van der Waals surface area contributed by atoms with Crippen molar-refractivity contribution in [3.63, 3.8) is 0 Å². The summed E-state index contributed by atoms with van der Waals surface area (Å²) in [7, 11) is 0. The number of nitrogens with one attached hydrogen (secondary N) is 1. The van der Waals surface area contributed by atoms with Crippen molar-refractivity contribution in [3.05, 3.63) is 30.1 Å². The number of fused-ring (bicyclic) bond motifs is 2. The van der Waals surface area contributed by atoms with Gasteiger partial charge in [-0.1, -0.05) is 26.7 Å². The molecule has 2 fully saturated rings. The predicted molar refractivity (Wildman–Crippen MR) is 105 cm³/mol. The fourth-order valence-corrected chi connectivity index (χ4v) is 5.23. The molecule has 1 saturated carbocycles. The largest absolute Gasteiger partial charge is 0.346 e. The topological polar surface area (TPSA) is 49.0 Å². The number of amides is 1. The average molecular weight is 354 g/mol. The second-order valence-corrected chi connectivity index (χ2v) is 8.54. The number of aromatic amines is 1. The highest BCUT2D eigenvalue weighted by Gasteiger charge is 2.36. The van der Waals surface area contributed by atoms with Gasteiger partial charge in [0, 0.05) is 36.8 Å². The molecule has 3 heterocycles. The minimum atomic E-state index is 0.240. The van der Waals surface area contributed by atoms with Gasteiger partial charge in [0.25, 0.3) is 0 Å². The summed E-state index contributed by atoms with van der Waals surface area (Å²) < 4.78 is 0. The van der Waals surface area contributed by atoms with E-state index in [1.807, 2.05) is 12.3 Å². The van der Waals surface area contributed by atoms with Gasteiger partial charge in [-0.05, 0) is 61.1 Å². The molecule has 3 unspecified atom stereocenters. The Balaban J connectivity index is 1.55. The van der Waals surface area contributed by atoms with Crippen LogP contribution in [0.25, 0.3) is 11.0 Å². The van der Waals surface area contributed by atoms with Gasteiger partial charge < -0.3 is 9.88 Å². The van der Waals surface area contributed by atoms with E-state index in [1.54, 1.807) is 0 Å². The minimum Gasteiger partial charge on any atom is -0.346 e. The third-order valence-electron chi connectivity index (χ3n) is 6.65. The molecule has 0 radical (unpaired) electrons. The monoisotopic (exact) mass is 353 g/mol. The molecule has 2 aromatic rings. The Morgan fingerprint density at radius 2 is 2.08 bits per heavy atom. The van der Waals surface area contributed by atoms with Crippen molar-refractivity contribution in [3.8, 4) is 0 Å². The molecule has 0 spiro atoms. The van der Waals surface area contributed by atoms with Crippen LogP contribution in [0, 0.1) is 11.8 Å². The van der Waals surface area contributed by atoms with Gasteiger partial charge in [-0.25, -0.2) is 4.98 Å². The number of H-pyrrole nitrogens is 1. The van der Waals surface area contributed by atoms with Crippen molar-refractivity contribution in [2.75, 3.05) is 6.54 Å². The van der Waals surface area contributed by atoms with Crippen LogP contribution < -0.4 is 0 Å². The maximum Gasteiger partial charge on any atom is 0.223 e. The highest BCUT2D eigenvalue weighted by Crippen LogP contribution is 2.38. The van der Waals surface area contributed by atoms with E-state index in [2.05, 4.69) is 41.0 Å². The molecule has 4 heteroatoms. The number of carbonyl (C=O) groups excluding carboxylic acids is 1. The minimum absolute atomic E-state index is 0.240. The van der Waals surface area contributed by atoms with E-state index in [0.29, 0.717) is 24.3 Å². The number of nitrogens with zero attached hydrogens (tertiary/aromatic N) is 2. The molecule has 1 N–H and O–H groups in total. The Morgan fingerprint density at radius 1 is 1.27 bits per heavy atom. The molecular formula is C22H31N3O. The van der Waals surface area contributed by atoms with Crippen LogP contribution in [0.4, 0.5) is 0 Å². The zero-order valence-corrected chi connectivity index (χ0v) is 16.1. The van der Waals surface area contributed by atoms with Crippen molar-refractivity contribution >= 4 is 16.9 Å². The van der Waals surface area contributed by atoms with Gasteiger partial charge in [0.1, 0.15) is 5.65 Å². The van der Waals surface area contributed by atoms with E-state index in [4.69, 9.17) is 0 Å². The van der Waals surface area contributed by atoms with Crippen molar-refractivity contribution < 1.29 is 4.79 Å². The number of carbonyl (C=O) groups is 1. The lowest BCUT2D eigenvalue weighted by atomic mass is 9.77. The summed E-state index contributed by atoms with van der Waals surface area (Å²) in [4.78, 5) is 23.2. The molecule has 3 atom stereocenters. The summed E-state index contributed by atoms with van der Waals surface area (Å²) in [6, 6.07) is 4.60. The van der Waals surface area contributed by atoms with Gasteiger partial charge in [-0.15, -0.1) is 0 Å². The molecule has 4 nitrogen and oxygen atoms in total. The molecule has 1 saturated heterocycles. The summed E-state index contributed by atoms with van der Waals surface area (Å²) >= 11 is 0. The number of rotatable bonds is 4. The fourth-order valence-electron chi connectivity index (χ4n) is 5.23. The second kappa shape index (κ2) is 7.42. The number of pyridine rings is 1. The highest BCUT2D eigenvalue weighted by molar-refractivity contribution is 5.83. The molecule has 1 amide bonds. The molecule has 140 valence electrons. The lowest BCUT2D eigenvalue weighted by Crippen LogP contribution is -2.50. The van der Waals surface area contributed by atoms with Crippen LogP contribution in [0.2, 0.25) is 0 Å². The smallest absolute Gasteiger partial charge is 0.223 e. The van der Waals surface area contributed by atoms with E-state index in [-0.39, 0.29) is 5.92 Å². The highest BCUT2D eigenvalue weighted by atomic mass is 16.2. The fraction of sp³-hybridized carbons (Fsp3) is 0.636. The molecule has 2 aliphatic rings. The van der Waals surface area contributed by atoms with Crippen LogP contribution in [-0.4, -0.2) is 33.4 Å². The van der Waals surface area contributed by atoms with Crippen molar-refractivity contribution in [1.82, 2.24) is 14.9 Å². The molecule has 4 rings (SSSR count). The van der Waals surface area contributed by atoms with E-state index >= 15 is 0 Å². The van der Waals surface area contributed by atoms with Crippen molar-refractivity contribution in [2.45, 2.75) is 70.8 Å². The lowest BCUT2D eigenvalue weighted by Gasteiger charge is -2.44. The van der Waals surface area contributed by atoms with Crippen molar-refractivity contribution in [1.29, 1.82) is 0 Å². The summed E-state index contributed by atoms with van der Waals surface area (Å²) in [5, 5.41) is 1.16. The third kappa shape index (κ3) is 3.26. The number of likely N-dealkylation sites (tertiary alicyclic amines) is 1. The number of hydrogen-bond donors (Lipinski definition) is 1. The molecular weight excluding hydrogens is 322 g/mol. The normalized spacial score (nSPS) is 24.7. The van der Waals surface area contributed by atoms with Gasteiger partial charge in [0.2, 0.25) is 5.91 Å². The molecule has 26 heavy (non-hydrogen) atoms. The van der Waals surface area contributed by atoms with E-state index in [0.717, 1.165) is 23.5 Å². The number of aromatic nitrogens is 2. The van der Waals surface area contributed by atoms with Crippen LogP contribution in [0.3, 0.4) is 0 Å². The first kappa shape index (κ1) is 17.6. The zero-order chi connectivity index (χ0) is 18.1. The maximum atomic E-state index is 13.3. The van der Waals surface area contributed by atoms with Crippen LogP contribution in [0.15, 0.2) is 24.5 Å². The molecule has 0 aromatic carbocycles. The van der Waals surface area contributed by atoms with Crippen LogP contribution in [0.5, 0.6) is 0 Å². The molecule has 1 aliphatic carbocycles. The number of piperidine rings is 1. The SMILES string of the molecule is CC(C)C(CC(=O)N1CCCC2CCCCC21)c1c[nH]c2ncccc12. The molecule has 0 bridgehead atoms. The summed E-state index contributed by atoms with van der Waals surface area (Å²) in [6.45, 7) is 5.42. The Hall–Kier alpha value is -1.84. The van der Waals surface area contributed by atoms with Gasteiger partial charge in [0.15, 0.2) is 0 Å². The Morgan fingerprint density at radius 3 is 2.92 bits per heavy atom. The first-order valence-corrected chi connectivity index (χ1v) is 10.4. The maximum absolute atomic E-state index is 13.3. The van der Waals surface area contributed by atoms with Crippen LogP contribution >= 0.6 is 0 Å². The lowest BCUT2D eigenvalue weighted by molar-refractivity contribution is -0.138. The average Bonchev–Trinajstić information content (AvgIpc) is 3.09. The van der Waals surface area contributed by atoms with E-state index < -0.39 is 0 Å². The third-order valence-corrected chi connectivity index (χ3v) is 6.65. The van der Waals surface area contributed by atoms with Gasteiger partial charge in [0.05, 0.1) is 0 Å². The standard InChI is InChI=1S/C22H31N3O/c1-15(2)18(19-14-24-22-17(19)9-5-11-23-22)13-21(26)25-12-6-8-16-7-3-4-10-20(16)25/h5,9,11,14-16,18,20H,3-4,6-8,10,12-13H2,1-2H3,(H,23,24). The quantitative estimate of drug-likeness (QED) is 0.852. The summed E-state index contributed by atoms with van der Waals surface area (Å²) in [6.07, 6.45) is 12.1. The molecule has 2 aromatic heterocycles. The van der Waals surface area contributed by atoms with Gasteiger partial charge in [-0.3, -0.25) is 4.79 Å². The predicted octanol–water partition coefficient (Wildman–Crippen LogP) is 4.87. The number of hydrogen-bond acceptors (Lipinski definition) is 2. The summed E-state index contributed by atoms with van der Waals surface area (Å²) in [5.41, 5.74) is 2.17. The Bertz CT molecular complexity index is 764. The zero-order valence-electron chi connectivity index (χ0n) is 16.1. The van der Waals surface area contributed by atoms with Gasteiger partial charge in [-0.2, -0.15) is 0 Å². The first-order valence-electron chi connectivity index (χ1n) is 10.4. The van der Waals surface area contributed by atoms with Crippen LogP contribution in [0.1, 0.15) is 70.3 Å². The second-order valence-electron chi connectivity index (χ2n) is 8.54. The van der Waals surface area contributed by atoms with E-state index in [1.165, 1.54) is 44.1 Å². The van der Waals surface area contributed by atoms with Gasteiger partial charge >= 0.3 is 0 Å². The van der Waals surface area contributed by atoms with E-state index in [9.17, 15) is 4.79 Å².